The van der Waals surface area contributed by atoms with Crippen molar-refractivity contribution in [2.45, 2.75) is 141 Å². The van der Waals surface area contributed by atoms with E-state index in [9.17, 15) is 29.4 Å². The lowest BCUT2D eigenvalue weighted by Gasteiger charge is -2.63. The summed E-state index contributed by atoms with van der Waals surface area (Å²) in [6.45, 7) is 11.3. The summed E-state index contributed by atoms with van der Waals surface area (Å²) in [7, 11) is 0. The minimum Gasteiger partial charge on any atom is -0.456 e. The Morgan fingerprint density at radius 3 is 2.44 bits per heavy atom. The monoisotopic (exact) mass is 708 g/mol. The molecule has 2 unspecified atom stereocenters. The van der Waals surface area contributed by atoms with E-state index in [1.807, 2.05) is 34.6 Å². The van der Waals surface area contributed by atoms with Crippen LogP contribution >= 0.6 is 0 Å². The summed E-state index contributed by atoms with van der Waals surface area (Å²) in [4.78, 5) is 53.2. The zero-order valence-electron chi connectivity index (χ0n) is 30.2. The number of halogens is 2. The van der Waals surface area contributed by atoms with Gasteiger partial charge in [0.25, 0.3) is 0 Å². The Balaban J connectivity index is 1.43. The van der Waals surface area contributed by atoms with Crippen LogP contribution in [0.1, 0.15) is 87.0 Å². The van der Waals surface area contributed by atoms with Crippen LogP contribution in [0.3, 0.4) is 0 Å². The molecular weight excluding hydrogens is 654 g/mol. The Labute approximate surface area is 292 Å². The fourth-order valence-electron chi connectivity index (χ4n) is 9.80. The summed E-state index contributed by atoms with van der Waals surface area (Å²) in [6.07, 6.45) is -0.256. The average molecular weight is 709 g/mol. The lowest BCUT2D eigenvalue weighted by molar-refractivity contribution is -0.235. The van der Waals surface area contributed by atoms with E-state index in [-0.39, 0.29) is 43.2 Å². The molecule has 4 aliphatic carbocycles. The van der Waals surface area contributed by atoms with Gasteiger partial charge in [-0.2, -0.15) is 0 Å². The van der Waals surface area contributed by atoms with E-state index in [2.05, 4.69) is 10.6 Å². The van der Waals surface area contributed by atoms with Gasteiger partial charge in [-0.05, 0) is 68.6 Å². The van der Waals surface area contributed by atoms with Crippen LogP contribution in [0, 0.1) is 28.6 Å². The van der Waals surface area contributed by atoms with Crippen LogP contribution in [-0.4, -0.2) is 101 Å². The number of alkyl halides is 2. The van der Waals surface area contributed by atoms with Crippen molar-refractivity contribution in [3.05, 3.63) is 23.8 Å². The van der Waals surface area contributed by atoms with Crippen molar-refractivity contribution in [2.75, 3.05) is 13.2 Å². The third-order valence-corrected chi connectivity index (χ3v) is 12.0. The van der Waals surface area contributed by atoms with Crippen molar-refractivity contribution in [3.63, 3.8) is 0 Å². The molecule has 1 heterocycles. The van der Waals surface area contributed by atoms with Gasteiger partial charge >= 0.3 is 5.97 Å². The highest BCUT2D eigenvalue weighted by Crippen LogP contribution is 2.72. The fourth-order valence-corrected chi connectivity index (χ4v) is 9.80. The van der Waals surface area contributed by atoms with Crippen LogP contribution in [-0.2, 0) is 33.4 Å². The summed E-state index contributed by atoms with van der Waals surface area (Å²) in [5, 5.41) is 27.1. The first-order valence-electron chi connectivity index (χ1n) is 18.1. The number of carbonyl (C=O) groups excluding carboxylic acids is 4. The fraction of sp³-hybridized carbons (Fsp3) is 0.784. The molecule has 5 aliphatic rings. The first-order chi connectivity index (χ1) is 23.4. The highest BCUT2D eigenvalue weighted by molar-refractivity contribution is 6.01. The molecule has 5 rings (SSSR count). The summed E-state index contributed by atoms with van der Waals surface area (Å²) < 4.78 is 52.1. The Bertz CT molecular complexity index is 1420. The van der Waals surface area contributed by atoms with Gasteiger partial charge in [0.2, 0.25) is 11.7 Å². The maximum absolute atomic E-state index is 17.7. The Kier molecular flexibility index (Phi) is 10.9. The zero-order valence-corrected chi connectivity index (χ0v) is 30.2. The number of esters is 1. The van der Waals surface area contributed by atoms with E-state index >= 15 is 8.78 Å². The smallest absolute Gasteiger partial charge is 0.329 e. The number of ether oxygens (including phenoxy) is 3. The second-order valence-electron chi connectivity index (χ2n) is 16.1. The van der Waals surface area contributed by atoms with Gasteiger partial charge in [0.1, 0.15) is 18.3 Å². The number of hydrogen-bond acceptors (Lipinski definition) is 10. The lowest BCUT2D eigenvalue weighted by Crippen LogP contribution is -2.71. The molecule has 4 fully saturated rings. The molecule has 4 N–H and O–H groups in total. The molecule has 12 atom stereocenters. The second-order valence-corrected chi connectivity index (χ2v) is 16.1. The summed E-state index contributed by atoms with van der Waals surface area (Å²) in [5.74, 6) is -4.25. The molecule has 1 saturated heterocycles. The number of Topliss-reactive ketones (excluding diaryl/α,β-unsaturated/α-hetero) is 1. The molecule has 0 aromatic rings. The van der Waals surface area contributed by atoms with Crippen molar-refractivity contribution >= 4 is 23.4 Å². The summed E-state index contributed by atoms with van der Waals surface area (Å²) in [6, 6.07) is -2.19. The number of carbonyl (C=O) groups is 4. The van der Waals surface area contributed by atoms with E-state index in [1.54, 1.807) is 6.92 Å². The molecule has 0 bridgehead atoms. The van der Waals surface area contributed by atoms with Gasteiger partial charge in [-0.25, -0.2) is 13.6 Å². The van der Waals surface area contributed by atoms with Gasteiger partial charge in [0.15, 0.2) is 29.9 Å². The topological polar surface area (TPSA) is 160 Å². The maximum Gasteiger partial charge on any atom is 0.329 e. The summed E-state index contributed by atoms with van der Waals surface area (Å²) >= 11 is 0. The third kappa shape index (κ3) is 6.08. The largest absolute Gasteiger partial charge is 0.456 e. The van der Waals surface area contributed by atoms with E-state index < -0.39 is 107 Å². The molecule has 0 aromatic carbocycles. The number of aliphatic hydroxyl groups excluding tert-OH is 2. The van der Waals surface area contributed by atoms with Crippen LogP contribution in [0.25, 0.3) is 0 Å². The van der Waals surface area contributed by atoms with Crippen molar-refractivity contribution in [1.29, 1.82) is 0 Å². The molecule has 0 radical (unpaired) electrons. The van der Waals surface area contributed by atoms with Gasteiger partial charge < -0.3 is 35.1 Å². The minimum absolute atomic E-state index is 0.00569. The number of ketones is 2. The number of allylic oxidation sites excluding steroid dienone is 4. The van der Waals surface area contributed by atoms with Gasteiger partial charge in [0.05, 0.1) is 18.8 Å². The van der Waals surface area contributed by atoms with E-state index in [4.69, 9.17) is 14.2 Å². The molecule has 11 nitrogen and oxygen atoms in total. The average Bonchev–Trinajstić information content (AvgIpc) is 3.52. The van der Waals surface area contributed by atoms with Crippen molar-refractivity contribution in [1.82, 2.24) is 10.6 Å². The predicted molar refractivity (Wildman–Crippen MR) is 178 cm³/mol. The predicted octanol–water partition coefficient (Wildman–Crippen LogP) is 3.20. The highest BCUT2D eigenvalue weighted by Gasteiger charge is 2.80. The number of fused-ring (bicyclic) bond motifs is 7. The molecule has 1 amide bonds. The quantitative estimate of drug-likeness (QED) is 0.209. The van der Waals surface area contributed by atoms with Crippen molar-refractivity contribution < 1.29 is 52.4 Å². The SMILES string of the molecule is CCCC1O[C@@H]2CC3[C@@H]4C[C@H](F)C5=CC(=O)C=C[C@]5(C)[C@@]4(F)[C@@H](O)C[C@]3(C)[C@]2(C(=O)COC(=O)[C@H](CC(C)C)NC(=O)[C@H](CO)NC(C)C)O1. The lowest BCUT2D eigenvalue weighted by atomic mass is 9.44. The molecule has 0 aromatic heterocycles. The van der Waals surface area contributed by atoms with Gasteiger partial charge in [-0.15, -0.1) is 0 Å². The number of aliphatic hydroxyl groups is 2. The first kappa shape index (κ1) is 38.6. The first-order valence-corrected chi connectivity index (χ1v) is 18.1. The molecule has 13 heteroatoms. The van der Waals surface area contributed by atoms with Crippen molar-refractivity contribution in [3.8, 4) is 0 Å². The molecule has 0 spiro atoms. The van der Waals surface area contributed by atoms with Crippen LogP contribution < -0.4 is 10.6 Å². The minimum atomic E-state index is -2.35. The second kappa shape index (κ2) is 14.1. The maximum atomic E-state index is 17.7. The van der Waals surface area contributed by atoms with E-state index in [0.717, 1.165) is 6.08 Å². The summed E-state index contributed by atoms with van der Waals surface area (Å²) in [5.41, 5.74) is -6.90. The Hall–Kier alpha value is -2.58. The number of hydrogen-bond donors (Lipinski definition) is 4. The van der Waals surface area contributed by atoms with Gasteiger partial charge in [0, 0.05) is 22.8 Å². The van der Waals surface area contributed by atoms with E-state index in [0.29, 0.717) is 12.8 Å². The number of rotatable bonds is 13. The third-order valence-electron chi connectivity index (χ3n) is 12.0. The molecule has 50 heavy (non-hydrogen) atoms. The van der Waals surface area contributed by atoms with Gasteiger partial charge in [-0.3, -0.25) is 14.4 Å². The highest BCUT2D eigenvalue weighted by atomic mass is 19.1. The normalized spacial score (nSPS) is 40.0. The molecule has 3 saturated carbocycles. The molecule has 280 valence electrons. The van der Waals surface area contributed by atoms with Crippen LogP contribution in [0.5, 0.6) is 0 Å². The molecular formula is C37H54F2N2O9. The standard InChI is InChI=1S/C37H54F2N2O9/c1-8-9-31-49-30-15-22-23-14-25(38)24-13-21(43)10-11-34(24,6)36(23,39)28(44)16-35(22,7)37(30,50-31)29(45)18-48-33(47)26(12-19(2)3)41-32(46)27(17-42)40-20(4)5/h10-11,13,19-20,22-23,25-28,30-31,40,42,44H,8-9,12,14-18H2,1-7H3,(H,41,46)/t22?,23-,25-,26-,27-,28-,30+,31?,34-,35-,36-,37+/m0/s1. The Morgan fingerprint density at radius 1 is 1.12 bits per heavy atom. The van der Waals surface area contributed by atoms with Crippen molar-refractivity contribution in [2.24, 2.45) is 28.6 Å². The van der Waals surface area contributed by atoms with Crippen LogP contribution in [0.2, 0.25) is 0 Å². The van der Waals surface area contributed by atoms with Crippen LogP contribution in [0.4, 0.5) is 8.78 Å². The van der Waals surface area contributed by atoms with Crippen LogP contribution in [0.15, 0.2) is 23.8 Å². The number of amides is 1. The van der Waals surface area contributed by atoms with E-state index in [1.165, 1.54) is 19.1 Å². The molecule has 1 aliphatic heterocycles. The Morgan fingerprint density at radius 2 is 1.82 bits per heavy atom. The van der Waals surface area contributed by atoms with Gasteiger partial charge in [-0.1, -0.05) is 54.0 Å². The zero-order chi connectivity index (χ0) is 37.0. The number of nitrogens with one attached hydrogen (secondary N) is 2.